The summed E-state index contributed by atoms with van der Waals surface area (Å²) in [7, 11) is 2.96. The smallest absolute Gasteiger partial charge is 0.329 e. The molecule has 28 heavy (non-hydrogen) atoms. The number of rotatable bonds is 2. The first kappa shape index (κ1) is 18.1. The summed E-state index contributed by atoms with van der Waals surface area (Å²) in [6.07, 6.45) is 4.87. The van der Waals surface area contributed by atoms with Crippen LogP contribution >= 0.6 is 0 Å². The van der Waals surface area contributed by atoms with E-state index >= 15 is 0 Å². The van der Waals surface area contributed by atoms with E-state index in [0.29, 0.717) is 25.2 Å². The van der Waals surface area contributed by atoms with Crippen molar-refractivity contribution in [2.45, 2.75) is 6.04 Å². The molecule has 1 aliphatic heterocycles. The van der Waals surface area contributed by atoms with E-state index in [4.69, 9.17) is 0 Å². The molecule has 0 bridgehead atoms. The van der Waals surface area contributed by atoms with Crippen molar-refractivity contribution in [3.05, 3.63) is 68.8 Å². The minimum atomic E-state index is -0.468. The number of hydrogen-bond acceptors (Lipinski definition) is 6. The highest BCUT2D eigenvalue weighted by Gasteiger charge is 2.29. The molecule has 3 aromatic heterocycles. The largest absolute Gasteiger partial charge is 0.332 e. The number of fused-ring (bicyclic) bond motifs is 1. The Morgan fingerprint density at radius 3 is 2.79 bits per heavy atom. The summed E-state index contributed by atoms with van der Waals surface area (Å²) in [6.45, 7) is 1.83. The van der Waals surface area contributed by atoms with Gasteiger partial charge in [0.1, 0.15) is 5.65 Å². The van der Waals surface area contributed by atoms with Gasteiger partial charge in [0.25, 0.3) is 11.5 Å². The number of carbonyl (C=O) groups excluding carboxylic acids is 1. The van der Waals surface area contributed by atoms with Gasteiger partial charge in [-0.05, 0) is 17.7 Å². The standard InChI is InChI=1S/C19H20N6O3/c1-23-16-14(18(27)24(2)19(23)28)8-13(10-22-16)17(26)25-7-6-21-11-15(25)12-4-3-5-20-9-12/h3-5,8-10,15,21H,6-7,11H2,1-2H3. The summed E-state index contributed by atoms with van der Waals surface area (Å²) < 4.78 is 2.32. The van der Waals surface area contributed by atoms with Crippen molar-refractivity contribution >= 4 is 16.9 Å². The van der Waals surface area contributed by atoms with Crippen molar-refractivity contribution in [1.82, 2.24) is 29.3 Å². The average Bonchev–Trinajstić information content (AvgIpc) is 2.76. The lowest BCUT2D eigenvalue weighted by Crippen LogP contribution is -2.48. The first-order valence-electron chi connectivity index (χ1n) is 8.96. The summed E-state index contributed by atoms with van der Waals surface area (Å²) in [5.41, 5.74) is 0.593. The molecule has 1 saturated heterocycles. The predicted octanol–water partition coefficient (Wildman–Crippen LogP) is -0.186. The second-order valence-corrected chi connectivity index (χ2v) is 6.81. The molecular formula is C19H20N6O3. The van der Waals surface area contributed by atoms with Crippen LogP contribution in [0, 0.1) is 0 Å². The minimum absolute atomic E-state index is 0.159. The van der Waals surface area contributed by atoms with Crippen molar-refractivity contribution < 1.29 is 4.79 Å². The van der Waals surface area contributed by atoms with Gasteiger partial charge in [-0.3, -0.25) is 23.7 Å². The van der Waals surface area contributed by atoms with Crippen LogP contribution in [0.15, 0.2) is 46.4 Å². The van der Waals surface area contributed by atoms with Crippen LogP contribution in [0.2, 0.25) is 0 Å². The SMILES string of the molecule is Cn1c(=O)c2cc(C(=O)N3CCNCC3c3cccnc3)cnc2n(C)c1=O. The van der Waals surface area contributed by atoms with Gasteiger partial charge in [0.15, 0.2) is 0 Å². The van der Waals surface area contributed by atoms with Crippen molar-refractivity contribution in [1.29, 1.82) is 0 Å². The zero-order valence-corrected chi connectivity index (χ0v) is 15.6. The van der Waals surface area contributed by atoms with Crippen molar-refractivity contribution in [3.63, 3.8) is 0 Å². The topological polar surface area (TPSA) is 102 Å². The lowest BCUT2D eigenvalue weighted by atomic mass is 10.0. The number of pyridine rings is 2. The van der Waals surface area contributed by atoms with Crippen LogP contribution in [-0.2, 0) is 14.1 Å². The summed E-state index contributed by atoms with van der Waals surface area (Å²) >= 11 is 0. The third-order valence-electron chi connectivity index (χ3n) is 5.11. The van der Waals surface area contributed by atoms with Crippen LogP contribution < -0.4 is 16.6 Å². The first-order chi connectivity index (χ1) is 13.5. The number of piperazine rings is 1. The quantitative estimate of drug-likeness (QED) is 0.661. The molecule has 0 saturated carbocycles. The lowest BCUT2D eigenvalue weighted by Gasteiger charge is -2.36. The molecule has 1 aliphatic rings. The molecule has 0 radical (unpaired) electrons. The van der Waals surface area contributed by atoms with E-state index in [1.165, 1.54) is 23.9 Å². The van der Waals surface area contributed by atoms with E-state index < -0.39 is 11.2 Å². The molecule has 1 N–H and O–H groups in total. The van der Waals surface area contributed by atoms with Crippen LogP contribution in [0.4, 0.5) is 0 Å². The third-order valence-corrected chi connectivity index (χ3v) is 5.11. The fraction of sp³-hybridized carbons (Fsp3) is 0.316. The van der Waals surface area contributed by atoms with Crippen LogP contribution in [0.5, 0.6) is 0 Å². The summed E-state index contributed by atoms with van der Waals surface area (Å²) in [5.74, 6) is -0.208. The van der Waals surface area contributed by atoms with Gasteiger partial charge in [0.05, 0.1) is 17.0 Å². The zero-order valence-electron chi connectivity index (χ0n) is 15.6. The van der Waals surface area contributed by atoms with Gasteiger partial charge >= 0.3 is 5.69 Å². The molecule has 1 amide bonds. The number of nitrogens with zero attached hydrogens (tertiary/aromatic N) is 5. The van der Waals surface area contributed by atoms with Crippen LogP contribution in [0.3, 0.4) is 0 Å². The lowest BCUT2D eigenvalue weighted by molar-refractivity contribution is 0.0633. The van der Waals surface area contributed by atoms with Gasteiger partial charge in [-0.2, -0.15) is 0 Å². The fourth-order valence-corrected chi connectivity index (χ4v) is 3.57. The molecule has 9 heteroatoms. The normalized spacial score (nSPS) is 17.1. The zero-order chi connectivity index (χ0) is 19.8. The van der Waals surface area contributed by atoms with E-state index in [0.717, 1.165) is 10.1 Å². The molecule has 0 aliphatic carbocycles. The first-order valence-corrected chi connectivity index (χ1v) is 8.96. The molecule has 9 nitrogen and oxygen atoms in total. The number of nitrogens with one attached hydrogen (secondary N) is 1. The molecule has 0 aromatic carbocycles. The molecule has 1 atom stereocenters. The van der Waals surface area contributed by atoms with Gasteiger partial charge in [-0.1, -0.05) is 6.07 Å². The molecule has 1 unspecified atom stereocenters. The third kappa shape index (κ3) is 2.89. The molecule has 0 spiro atoms. The monoisotopic (exact) mass is 380 g/mol. The second-order valence-electron chi connectivity index (χ2n) is 6.81. The Labute approximate surface area is 160 Å². The maximum Gasteiger partial charge on any atom is 0.332 e. The van der Waals surface area contributed by atoms with E-state index in [2.05, 4.69) is 15.3 Å². The second kappa shape index (κ2) is 7.01. The Balaban J connectivity index is 1.78. The highest BCUT2D eigenvalue weighted by Crippen LogP contribution is 2.24. The van der Waals surface area contributed by atoms with Crippen molar-refractivity contribution in [2.75, 3.05) is 19.6 Å². The average molecular weight is 380 g/mol. The highest BCUT2D eigenvalue weighted by atomic mass is 16.2. The number of aryl methyl sites for hydroxylation is 1. The Kier molecular flexibility index (Phi) is 4.52. The number of amides is 1. The molecule has 1 fully saturated rings. The van der Waals surface area contributed by atoms with Gasteiger partial charge in [-0.15, -0.1) is 0 Å². The Morgan fingerprint density at radius 1 is 1.21 bits per heavy atom. The van der Waals surface area contributed by atoms with E-state index in [1.54, 1.807) is 24.3 Å². The fourth-order valence-electron chi connectivity index (χ4n) is 3.57. The molecule has 4 rings (SSSR count). The van der Waals surface area contributed by atoms with Crippen LogP contribution in [0.25, 0.3) is 11.0 Å². The minimum Gasteiger partial charge on any atom is -0.329 e. The molecule has 3 aromatic rings. The molecule has 4 heterocycles. The van der Waals surface area contributed by atoms with E-state index in [-0.39, 0.29) is 23.0 Å². The Morgan fingerprint density at radius 2 is 2.04 bits per heavy atom. The van der Waals surface area contributed by atoms with Crippen LogP contribution in [-0.4, -0.2) is 49.5 Å². The number of hydrogen-bond donors (Lipinski definition) is 1. The van der Waals surface area contributed by atoms with Gasteiger partial charge in [0, 0.05) is 52.3 Å². The molecule has 144 valence electrons. The van der Waals surface area contributed by atoms with Crippen molar-refractivity contribution in [3.8, 4) is 0 Å². The van der Waals surface area contributed by atoms with Crippen LogP contribution in [0.1, 0.15) is 22.0 Å². The molecular weight excluding hydrogens is 360 g/mol. The number of carbonyl (C=O) groups is 1. The van der Waals surface area contributed by atoms with E-state index in [1.807, 2.05) is 12.1 Å². The Bertz CT molecular complexity index is 1170. The number of aromatic nitrogens is 4. The van der Waals surface area contributed by atoms with Crippen molar-refractivity contribution in [2.24, 2.45) is 14.1 Å². The van der Waals surface area contributed by atoms with Gasteiger partial charge in [0.2, 0.25) is 0 Å². The van der Waals surface area contributed by atoms with E-state index in [9.17, 15) is 14.4 Å². The van der Waals surface area contributed by atoms with Gasteiger partial charge in [-0.25, -0.2) is 9.78 Å². The van der Waals surface area contributed by atoms with Gasteiger partial charge < -0.3 is 10.2 Å². The highest BCUT2D eigenvalue weighted by molar-refractivity contribution is 5.97. The summed E-state index contributed by atoms with van der Waals surface area (Å²) in [4.78, 5) is 48.0. The summed E-state index contributed by atoms with van der Waals surface area (Å²) in [5, 5.41) is 3.54. The maximum absolute atomic E-state index is 13.2. The Hall–Kier alpha value is -3.33. The maximum atomic E-state index is 13.2. The summed E-state index contributed by atoms with van der Waals surface area (Å²) in [6, 6.07) is 5.15. The predicted molar refractivity (Wildman–Crippen MR) is 103 cm³/mol.